The van der Waals surface area contributed by atoms with Gasteiger partial charge in [-0.15, -0.1) is 0 Å². The summed E-state index contributed by atoms with van der Waals surface area (Å²) in [6.45, 7) is 8.78. The van der Waals surface area contributed by atoms with E-state index in [2.05, 4.69) is 5.32 Å². The number of halogens is 1. The predicted octanol–water partition coefficient (Wildman–Crippen LogP) is 2.07. The molecule has 114 valence electrons. The molecular weight excluding hydrogens is 271 g/mol. The Balaban J connectivity index is 2.33. The highest BCUT2D eigenvalue weighted by atomic mass is 19.1. The molecule has 1 aromatic rings. The smallest absolute Gasteiger partial charge is 0.248 e. The standard InChI is InChI=1S/C16H21FN2O2/c1-9-6-12(7-10(2)13(9)17)8-19-11(3)14(20)18-16(4,5)15(19)21/h6-7,11H,8H2,1-5H3,(H,18,20). The Labute approximate surface area is 124 Å². The van der Waals surface area contributed by atoms with Crippen LogP contribution < -0.4 is 5.32 Å². The van der Waals surface area contributed by atoms with Crippen molar-refractivity contribution in [2.24, 2.45) is 0 Å². The number of hydrogen-bond donors (Lipinski definition) is 1. The van der Waals surface area contributed by atoms with Gasteiger partial charge in [0.2, 0.25) is 11.8 Å². The lowest BCUT2D eigenvalue weighted by Crippen LogP contribution is -2.66. The quantitative estimate of drug-likeness (QED) is 0.907. The van der Waals surface area contributed by atoms with Crippen LogP contribution in [-0.2, 0) is 16.1 Å². The fraction of sp³-hybridized carbons (Fsp3) is 0.500. The van der Waals surface area contributed by atoms with E-state index in [-0.39, 0.29) is 17.6 Å². The maximum Gasteiger partial charge on any atom is 0.248 e. The van der Waals surface area contributed by atoms with Crippen LogP contribution in [0.3, 0.4) is 0 Å². The lowest BCUT2D eigenvalue weighted by molar-refractivity contribution is -0.153. The van der Waals surface area contributed by atoms with Crippen LogP contribution in [0.4, 0.5) is 4.39 Å². The zero-order valence-corrected chi connectivity index (χ0v) is 13.1. The molecule has 0 radical (unpaired) electrons. The van der Waals surface area contributed by atoms with Crippen molar-refractivity contribution in [3.63, 3.8) is 0 Å². The summed E-state index contributed by atoms with van der Waals surface area (Å²) in [7, 11) is 0. The van der Waals surface area contributed by atoms with Crippen LogP contribution in [0.5, 0.6) is 0 Å². The summed E-state index contributed by atoms with van der Waals surface area (Å²) in [6.07, 6.45) is 0. The molecule has 0 saturated carbocycles. The second kappa shape index (κ2) is 5.13. The summed E-state index contributed by atoms with van der Waals surface area (Å²) in [6, 6.07) is 2.92. The van der Waals surface area contributed by atoms with Crippen molar-refractivity contribution in [3.05, 3.63) is 34.6 Å². The van der Waals surface area contributed by atoms with Gasteiger partial charge < -0.3 is 10.2 Å². The molecule has 1 saturated heterocycles. The first-order valence-corrected chi connectivity index (χ1v) is 7.02. The van der Waals surface area contributed by atoms with E-state index in [0.717, 1.165) is 5.56 Å². The highest BCUT2D eigenvalue weighted by Gasteiger charge is 2.43. The van der Waals surface area contributed by atoms with E-state index in [1.807, 2.05) is 0 Å². The number of aryl methyl sites for hydroxylation is 2. The third-order valence-electron chi connectivity index (χ3n) is 3.93. The third kappa shape index (κ3) is 2.77. The minimum absolute atomic E-state index is 0.130. The van der Waals surface area contributed by atoms with Crippen molar-refractivity contribution in [1.29, 1.82) is 0 Å². The first kappa shape index (κ1) is 15.5. The molecule has 1 unspecified atom stereocenters. The zero-order chi connectivity index (χ0) is 15.9. The van der Waals surface area contributed by atoms with Gasteiger partial charge in [0.15, 0.2) is 0 Å². The molecule has 0 aromatic heterocycles. The van der Waals surface area contributed by atoms with Crippen LogP contribution in [0.2, 0.25) is 0 Å². The molecule has 1 N–H and O–H groups in total. The first-order valence-electron chi connectivity index (χ1n) is 7.02. The summed E-state index contributed by atoms with van der Waals surface area (Å²) in [4.78, 5) is 26.0. The van der Waals surface area contributed by atoms with Gasteiger partial charge in [-0.3, -0.25) is 9.59 Å². The molecule has 1 aromatic carbocycles. The number of benzene rings is 1. The van der Waals surface area contributed by atoms with Crippen LogP contribution in [0.15, 0.2) is 12.1 Å². The van der Waals surface area contributed by atoms with Crippen molar-refractivity contribution in [2.45, 2.75) is 52.7 Å². The number of nitrogens with zero attached hydrogens (tertiary/aromatic N) is 1. The lowest BCUT2D eigenvalue weighted by Gasteiger charge is -2.41. The Bertz CT molecular complexity index is 587. The normalized spacial score (nSPS) is 21.4. The van der Waals surface area contributed by atoms with Gasteiger partial charge in [-0.05, 0) is 51.3 Å². The summed E-state index contributed by atoms with van der Waals surface area (Å²) in [5.74, 6) is -0.528. The fourth-order valence-electron chi connectivity index (χ4n) is 2.67. The van der Waals surface area contributed by atoms with Gasteiger partial charge in [0.25, 0.3) is 0 Å². The molecule has 1 heterocycles. The van der Waals surface area contributed by atoms with Crippen LogP contribution in [0.1, 0.15) is 37.5 Å². The number of carbonyl (C=O) groups is 2. The molecule has 0 aliphatic carbocycles. The molecule has 0 spiro atoms. The lowest BCUT2D eigenvalue weighted by atomic mass is 9.96. The van der Waals surface area contributed by atoms with Gasteiger partial charge in [-0.1, -0.05) is 12.1 Å². The number of nitrogens with one attached hydrogen (secondary N) is 1. The van der Waals surface area contributed by atoms with Crippen molar-refractivity contribution in [2.75, 3.05) is 0 Å². The largest absolute Gasteiger partial charge is 0.340 e. The van der Waals surface area contributed by atoms with Crippen LogP contribution in [0, 0.1) is 19.7 Å². The molecule has 2 amide bonds. The maximum absolute atomic E-state index is 13.7. The van der Waals surface area contributed by atoms with Gasteiger partial charge in [0.1, 0.15) is 17.4 Å². The minimum atomic E-state index is -0.909. The Kier molecular flexibility index (Phi) is 3.78. The Hall–Kier alpha value is -1.91. The van der Waals surface area contributed by atoms with E-state index in [1.165, 1.54) is 0 Å². The molecule has 2 rings (SSSR count). The topological polar surface area (TPSA) is 49.4 Å². The van der Waals surface area contributed by atoms with Crippen molar-refractivity contribution in [1.82, 2.24) is 10.2 Å². The molecule has 1 atom stereocenters. The van der Waals surface area contributed by atoms with Crippen LogP contribution >= 0.6 is 0 Å². The average Bonchev–Trinajstić information content (AvgIpc) is 2.38. The molecule has 0 bridgehead atoms. The summed E-state index contributed by atoms with van der Waals surface area (Å²) >= 11 is 0. The molecule has 5 heteroatoms. The molecule has 1 aliphatic heterocycles. The molecule has 4 nitrogen and oxygen atoms in total. The van der Waals surface area contributed by atoms with E-state index in [4.69, 9.17) is 0 Å². The zero-order valence-electron chi connectivity index (χ0n) is 13.1. The SMILES string of the molecule is Cc1cc(CN2C(=O)C(C)(C)NC(=O)C2C)cc(C)c1F. The molecule has 21 heavy (non-hydrogen) atoms. The number of hydrogen-bond acceptors (Lipinski definition) is 2. The van der Waals surface area contributed by atoms with E-state index in [0.29, 0.717) is 17.7 Å². The molecule has 1 fully saturated rings. The van der Waals surface area contributed by atoms with Crippen molar-refractivity contribution < 1.29 is 14.0 Å². The third-order valence-corrected chi connectivity index (χ3v) is 3.93. The van der Waals surface area contributed by atoms with Crippen LogP contribution in [0.25, 0.3) is 0 Å². The number of rotatable bonds is 2. The number of amides is 2. The molecular formula is C16H21FN2O2. The maximum atomic E-state index is 13.7. The summed E-state index contributed by atoms with van der Waals surface area (Å²) < 4.78 is 13.7. The van der Waals surface area contributed by atoms with Gasteiger partial charge in [0, 0.05) is 6.54 Å². The van der Waals surface area contributed by atoms with E-state index in [9.17, 15) is 14.0 Å². The Morgan fingerprint density at radius 3 is 2.29 bits per heavy atom. The monoisotopic (exact) mass is 292 g/mol. The van der Waals surface area contributed by atoms with Gasteiger partial charge in [-0.25, -0.2) is 4.39 Å². The van der Waals surface area contributed by atoms with Crippen LogP contribution in [-0.4, -0.2) is 28.3 Å². The predicted molar refractivity (Wildman–Crippen MR) is 78.1 cm³/mol. The number of carbonyl (C=O) groups excluding carboxylic acids is 2. The van der Waals surface area contributed by atoms with Gasteiger partial charge in [-0.2, -0.15) is 0 Å². The van der Waals surface area contributed by atoms with E-state index >= 15 is 0 Å². The first-order chi connectivity index (χ1) is 9.63. The second-order valence-electron chi connectivity index (χ2n) is 6.27. The average molecular weight is 292 g/mol. The Morgan fingerprint density at radius 2 is 1.76 bits per heavy atom. The highest BCUT2D eigenvalue weighted by Crippen LogP contribution is 2.22. The van der Waals surface area contributed by atoms with Crippen molar-refractivity contribution in [3.8, 4) is 0 Å². The minimum Gasteiger partial charge on any atom is -0.340 e. The van der Waals surface area contributed by atoms with Crippen molar-refractivity contribution >= 4 is 11.8 Å². The summed E-state index contributed by atoms with van der Waals surface area (Å²) in [5.41, 5.74) is 1.02. The molecule has 1 aliphatic rings. The van der Waals surface area contributed by atoms with E-state index < -0.39 is 11.6 Å². The highest BCUT2D eigenvalue weighted by molar-refractivity contribution is 5.99. The summed E-state index contributed by atoms with van der Waals surface area (Å²) in [5, 5.41) is 2.71. The second-order valence-corrected chi connectivity index (χ2v) is 6.27. The van der Waals surface area contributed by atoms with Gasteiger partial charge >= 0.3 is 0 Å². The number of piperazine rings is 1. The fourth-order valence-corrected chi connectivity index (χ4v) is 2.67. The Morgan fingerprint density at radius 1 is 1.24 bits per heavy atom. The van der Waals surface area contributed by atoms with Gasteiger partial charge in [0.05, 0.1) is 0 Å². The van der Waals surface area contributed by atoms with E-state index in [1.54, 1.807) is 51.7 Å².